The predicted molar refractivity (Wildman–Crippen MR) is 106 cm³/mol. The molecule has 2 aromatic rings. The standard InChI is InChI=1S/C21H23ClN2O3/c1-15-2-5-17(22)13-18(15)23-8-10-24(11-9-23)21(25)7-4-16-3-6-19-20(12-16)27-14-26-19/h2-3,5-6,12-13H,4,7-11,14H2,1H3. The molecule has 0 atom stereocenters. The summed E-state index contributed by atoms with van der Waals surface area (Å²) < 4.78 is 10.7. The van der Waals surface area contributed by atoms with E-state index in [-0.39, 0.29) is 12.7 Å². The molecule has 5 nitrogen and oxygen atoms in total. The third-order valence-corrected chi connectivity index (χ3v) is 5.44. The maximum atomic E-state index is 12.6. The van der Waals surface area contributed by atoms with Crippen LogP contribution in [0.1, 0.15) is 17.5 Å². The van der Waals surface area contributed by atoms with Gasteiger partial charge in [0.15, 0.2) is 11.5 Å². The number of hydrogen-bond donors (Lipinski definition) is 0. The summed E-state index contributed by atoms with van der Waals surface area (Å²) in [4.78, 5) is 16.9. The van der Waals surface area contributed by atoms with Crippen LogP contribution in [0, 0.1) is 6.92 Å². The van der Waals surface area contributed by atoms with E-state index in [1.807, 2.05) is 41.3 Å². The van der Waals surface area contributed by atoms with Gasteiger partial charge in [-0.3, -0.25) is 4.79 Å². The molecule has 0 saturated carbocycles. The SMILES string of the molecule is Cc1ccc(Cl)cc1N1CCN(C(=O)CCc2ccc3c(c2)OCO3)CC1. The Kier molecular flexibility index (Phi) is 5.12. The molecular formula is C21H23ClN2O3. The summed E-state index contributed by atoms with van der Waals surface area (Å²) in [6.07, 6.45) is 1.22. The minimum Gasteiger partial charge on any atom is -0.454 e. The lowest BCUT2D eigenvalue weighted by Crippen LogP contribution is -2.49. The van der Waals surface area contributed by atoms with Gasteiger partial charge in [0.05, 0.1) is 0 Å². The van der Waals surface area contributed by atoms with E-state index in [1.165, 1.54) is 5.56 Å². The molecule has 2 heterocycles. The number of piperazine rings is 1. The van der Waals surface area contributed by atoms with Crippen LogP contribution in [0.5, 0.6) is 11.5 Å². The second-order valence-electron chi connectivity index (χ2n) is 6.99. The Bertz CT molecular complexity index is 847. The first kappa shape index (κ1) is 18.0. The summed E-state index contributed by atoms with van der Waals surface area (Å²) >= 11 is 6.14. The van der Waals surface area contributed by atoms with Crippen molar-refractivity contribution in [3.05, 3.63) is 52.5 Å². The molecule has 0 unspecified atom stereocenters. The summed E-state index contributed by atoms with van der Waals surface area (Å²) in [7, 11) is 0. The summed E-state index contributed by atoms with van der Waals surface area (Å²) in [5, 5.41) is 0.748. The van der Waals surface area contributed by atoms with E-state index in [0.717, 1.165) is 54.0 Å². The predicted octanol–water partition coefficient (Wildman–Crippen LogP) is 3.66. The van der Waals surface area contributed by atoms with Crippen LogP contribution >= 0.6 is 11.6 Å². The van der Waals surface area contributed by atoms with Gasteiger partial charge in [0.2, 0.25) is 12.7 Å². The zero-order valence-corrected chi connectivity index (χ0v) is 16.2. The molecule has 1 fully saturated rings. The number of anilines is 1. The van der Waals surface area contributed by atoms with Crippen LogP contribution in [-0.4, -0.2) is 43.8 Å². The smallest absolute Gasteiger partial charge is 0.231 e. The third-order valence-electron chi connectivity index (χ3n) is 5.21. The molecule has 0 aliphatic carbocycles. The molecule has 0 spiro atoms. The zero-order chi connectivity index (χ0) is 18.8. The van der Waals surface area contributed by atoms with Gasteiger partial charge >= 0.3 is 0 Å². The van der Waals surface area contributed by atoms with Crippen molar-refractivity contribution in [2.45, 2.75) is 19.8 Å². The first-order valence-electron chi connectivity index (χ1n) is 9.27. The topological polar surface area (TPSA) is 42.0 Å². The highest BCUT2D eigenvalue weighted by Crippen LogP contribution is 2.33. The van der Waals surface area contributed by atoms with Crippen LogP contribution in [0.3, 0.4) is 0 Å². The van der Waals surface area contributed by atoms with Gasteiger partial charge in [-0.05, 0) is 48.7 Å². The molecule has 0 radical (unpaired) electrons. The number of rotatable bonds is 4. The number of nitrogens with zero attached hydrogens (tertiary/aromatic N) is 2. The van der Waals surface area contributed by atoms with Crippen molar-refractivity contribution in [2.75, 3.05) is 37.9 Å². The highest BCUT2D eigenvalue weighted by molar-refractivity contribution is 6.30. The number of hydrogen-bond acceptors (Lipinski definition) is 4. The van der Waals surface area contributed by atoms with Crippen molar-refractivity contribution < 1.29 is 14.3 Å². The molecule has 2 aromatic carbocycles. The summed E-state index contributed by atoms with van der Waals surface area (Å²) in [6.45, 7) is 5.51. The van der Waals surface area contributed by atoms with Gasteiger partial charge in [-0.2, -0.15) is 0 Å². The molecule has 1 amide bonds. The Balaban J connectivity index is 1.30. The van der Waals surface area contributed by atoms with E-state index in [4.69, 9.17) is 21.1 Å². The molecule has 2 aliphatic heterocycles. The number of fused-ring (bicyclic) bond motifs is 1. The normalized spacial score (nSPS) is 15.9. The maximum Gasteiger partial charge on any atom is 0.231 e. The Morgan fingerprint density at radius 1 is 1.04 bits per heavy atom. The number of aryl methyl sites for hydroxylation is 2. The molecule has 27 heavy (non-hydrogen) atoms. The lowest BCUT2D eigenvalue weighted by atomic mass is 10.1. The maximum absolute atomic E-state index is 12.6. The third kappa shape index (κ3) is 3.98. The zero-order valence-electron chi connectivity index (χ0n) is 15.4. The summed E-state index contributed by atoms with van der Waals surface area (Å²) in [6, 6.07) is 11.8. The van der Waals surface area contributed by atoms with Gasteiger partial charge in [0.25, 0.3) is 0 Å². The van der Waals surface area contributed by atoms with E-state index in [2.05, 4.69) is 11.8 Å². The Morgan fingerprint density at radius 2 is 1.81 bits per heavy atom. The van der Waals surface area contributed by atoms with Crippen molar-refractivity contribution >= 4 is 23.2 Å². The average molecular weight is 387 g/mol. The quantitative estimate of drug-likeness (QED) is 0.804. The highest BCUT2D eigenvalue weighted by Gasteiger charge is 2.22. The van der Waals surface area contributed by atoms with E-state index in [9.17, 15) is 4.79 Å². The Labute approximate surface area is 164 Å². The minimum absolute atomic E-state index is 0.204. The van der Waals surface area contributed by atoms with Gasteiger partial charge in [0, 0.05) is 43.3 Å². The first-order chi connectivity index (χ1) is 13.1. The molecule has 6 heteroatoms. The van der Waals surface area contributed by atoms with Crippen molar-refractivity contribution in [2.24, 2.45) is 0 Å². The lowest BCUT2D eigenvalue weighted by Gasteiger charge is -2.37. The Morgan fingerprint density at radius 3 is 2.63 bits per heavy atom. The number of ether oxygens (including phenoxy) is 2. The number of carbonyl (C=O) groups is 1. The van der Waals surface area contributed by atoms with Gasteiger partial charge in [0.1, 0.15) is 0 Å². The van der Waals surface area contributed by atoms with Gasteiger partial charge in [-0.15, -0.1) is 0 Å². The lowest BCUT2D eigenvalue weighted by molar-refractivity contribution is -0.131. The number of benzene rings is 2. The average Bonchev–Trinajstić information content (AvgIpc) is 3.16. The molecule has 0 N–H and O–H groups in total. The molecule has 1 saturated heterocycles. The molecule has 142 valence electrons. The fourth-order valence-electron chi connectivity index (χ4n) is 3.63. The summed E-state index contributed by atoms with van der Waals surface area (Å²) in [5.74, 6) is 1.75. The van der Waals surface area contributed by atoms with Crippen molar-refractivity contribution in [3.8, 4) is 11.5 Å². The first-order valence-corrected chi connectivity index (χ1v) is 9.65. The number of carbonyl (C=O) groups excluding carboxylic acids is 1. The summed E-state index contributed by atoms with van der Waals surface area (Å²) in [5.41, 5.74) is 3.47. The molecule has 2 aliphatic rings. The van der Waals surface area contributed by atoms with E-state index in [0.29, 0.717) is 12.8 Å². The molecular weight excluding hydrogens is 364 g/mol. The number of halogens is 1. The van der Waals surface area contributed by atoms with Crippen LogP contribution in [0.25, 0.3) is 0 Å². The van der Waals surface area contributed by atoms with Crippen LogP contribution < -0.4 is 14.4 Å². The van der Waals surface area contributed by atoms with Crippen LogP contribution in [0.4, 0.5) is 5.69 Å². The second-order valence-corrected chi connectivity index (χ2v) is 7.42. The molecule has 0 bridgehead atoms. The minimum atomic E-state index is 0.204. The van der Waals surface area contributed by atoms with E-state index in [1.54, 1.807) is 0 Å². The van der Waals surface area contributed by atoms with Crippen LogP contribution in [0.15, 0.2) is 36.4 Å². The van der Waals surface area contributed by atoms with Crippen LogP contribution in [-0.2, 0) is 11.2 Å². The van der Waals surface area contributed by atoms with Crippen molar-refractivity contribution in [1.82, 2.24) is 4.90 Å². The van der Waals surface area contributed by atoms with Crippen molar-refractivity contribution in [3.63, 3.8) is 0 Å². The van der Waals surface area contributed by atoms with Gasteiger partial charge in [-0.25, -0.2) is 0 Å². The highest BCUT2D eigenvalue weighted by atomic mass is 35.5. The van der Waals surface area contributed by atoms with Gasteiger partial charge < -0.3 is 19.3 Å². The fourth-order valence-corrected chi connectivity index (χ4v) is 3.79. The van der Waals surface area contributed by atoms with E-state index >= 15 is 0 Å². The monoisotopic (exact) mass is 386 g/mol. The number of amides is 1. The van der Waals surface area contributed by atoms with E-state index < -0.39 is 0 Å². The van der Waals surface area contributed by atoms with Crippen LogP contribution in [0.2, 0.25) is 5.02 Å². The molecule has 0 aromatic heterocycles. The Hall–Kier alpha value is -2.40. The van der Waals surface area contributed by atoms with Gasteiger partial charge in [-0.1, -0.05) is 23.7 Å². The fraction of sp³-hybridized carbons (Fsp3) is 0.381. The largest absolute Gasteiger partial charge is 0.454 e. The second kappa shape index (κ2) is 7.69. The van der Waals surface area contributed by atoms with Crippen molar-refractivity contribution in [1.29, 1.82) is 0 Å². The molecule has 4 rings (SSSR count).